The van der Waals surface area contributed by atoms with Crippen molar-refractivity contribution in [1.82, 2.24) is 34.7 Å². The maximum absolute atomic E-state index is 6.04. The highest BCUT2D eigenvalue weighted by atomic mass is 35.5. The standard InChI is InChI=1S/C10H5Cl2N7S/c11-6-2-1-3-14-7(6)20-10-17-8(12)16-9(18-10)19-5-13-4-15-19/h1-5H. The number of nitrogens with zero attached hydrogens (tertiary/aromatic N) is 7. The van der Waals surface area contributed by atoms with Crippen LogP contribution in [0.2, 0.25) is 10.3 Å². The molecule has 0 aliphatic heterocycles. The van der Waals surface area contributed by atoms with Crippen molar-refractivity contribution in [2.75, 3.05) is 0 Å². The fraction of sp³-hybridized carbons (Fsp3) is 0. The van der Waals surface area contributed by atoms with E-state index in [4.69, 9.17) is 23.2 Å². The lowest BCUT2D eigenvalue weighted by Crippen LogP contribution is -2.04. The molecule has 10 heteroatoms. The largest absolute Gasteiger partial charge is 0.257 e. The maximum Gasteiger partial charge on any atom is 0.257 e. The van der Waals surface area contributed by atoms with E-state index in [2.05, 4.69) is 30.0 Å². The summed E-state index contributed by atoms with van der Waals surface area (Å²) in [5, 5.41) is 5.46. The molecular weight excluding hydrogens is 321 g/mol. The van der Waals surface area contributed by atoms with Crippen molar-refractivity contribution in [3.63, 3.8) is 0 Å². The van der Waals surface area contributed by atoms with E-state index in [9.17, 15) is 0 Å². The van der Waals surface area contributed by atoms with Gasteiger partial charge in [-0.2, -0.15) is 24.7 Å². The second-order valence-electron chi connectivity index (χ2n) is 3.42. The van der Waals surface area contributed by atoms with Gasteiger partial charge in [0.05, 0.1) is 5.02 Å². The Labute approximate surface area is 127 Å². The van der Waals surface area contributed by atoms with Gasteiger partial charge in [0.1, 0.15) is 17.7 Å². The van der Waals surface area contributed by atoms with Gasteiger partial charge >= 0.3 is 0 Å². The molecule has 3 aromatic heterocycles. The molecule has 100 valence electrons. The Morgan fingerprint density at radius 3 is 2.80 bits per heavy atom. The Kier molecular flexibility index (Phi) is 3.77. The van der Waals surface area contributed by atoms with Gasteiger partial charge in [0, 0.05) is 6.20 Å². The summed E-state index contributed by atoms with van der Waals surface area (Å²) in [5.41, 5.74) is 0. The smallest absolute Gasteiger partial charge is 0.248 e. The predicted molar refractivity (Wildman–Crippen MR) is 73.1 cm³/mol. The third-order valence-electron chi connectivity index (χ3n) is 2.11. The number of pyridine rings is 1. The summed E-state index contributed by atoms with van der Waals surface area (Å²) in [6, 6.07) is 3.48. The van der Waals surface area contributed by atoms with E-state index in [1.807, 2.05) is 0 Å². The molecule has 0 N–H and O–H groups in total. The molecule has 0 bridgehead atoms. The summed E-state index contributed by atoms with van der Waals surface area (Å²) in [4.78, 5) is 20.2. The Morgan fingerprint density at radius 1 is 1.15 bits per heavy atom. The molecule has 0 amide bonds. The Balaban J connectivity index is 1.97. The molecule has 3 rings (SSSR count). The Bertz CT molecular complexity index is 734. The van der Waals surface area contributed by atoms with Crippen LogP contribution in [0.5, 0.6) is 0 Å². The van der Waals surface area contributed by atoms with E-state index >= 15 is 0 Å². The van der Waals surface area contributed by atoms with E-state index in [-0.39, 0.29) is 11.2 Å². The van der Waals surface area contributed by atoms with Crippen molar-refractivity contribution >= 4 is 35.0 Å². The molecule has 7 nitrogen and oxygen atoms in total. The van der Waals surface area contributed by atoms with Gasteiger partial charge in [0.15, 0.2) is 5.16 Å². The summed E-state index contributed by atoms with van der Waals surface area (Å²) < 4.78 is 1.39. The quantitative estimate of drug-likeness (QED) is 0.730. The zero-order valence-electron chi connectivity index (χ0n) is 9.68. The van der Waals surface area contributed by atoms with Gasteiger partial charge in [-0.1, -0.05) is 11.6 Å². The molecule has 0 unspecified atom stereocenters. The van der Waals surface area contributed by atoms with Crippen molar-refractivity contribution in [2.24, 2.45) is 0 Å². The molecule has 0 fully saturated rings. The summed E-state index contributed by atoms with van der Waals surface area (Å²) >= 11 is 13.1. The van der Waals surface area contributed by atoms with Gasteiger partial charge in [0.25, 0.3) is 5.95 Å². The van der Waals surface area contributed by atoms with Crippen LogP contribution in [0.3, 0.4) is 0 Å². The lowest BCUT2D eigenvalue weighted by molar-refractivity contribution is 0.757. The first-order valence-corrected chi connectivity index (χ1v) is 6.84. The monoisotopic (exact) mass is 325 g/mol. The van der Waals surface area contributed by atoms with Gasteiger partial charge in [-0.3, -0.25) is 0 Å². The van der Waals surface area contributed by atoms with Crippen LogP contribution in [0.1, 0.15) is 0 Å². The molecule has 3 aromatic rings. The van der Waals surface area contributed by atoms with Crippen molar-refractivity contribution < 1.29 is 0 Å². The highest BCUT2D eigenvalue weighted by Crippen LogP contribution is 2.29. The average Bonchev–Trinajstić information content (AvgIpc) is 2.95. The van der Waals surface area contributed by atoms with Gasteiger partial charge in [-0.05, 0) is 35.5 Å². The molecule has 3 heterocycles. The number of hydrogen-bond acceptors (Lipinski definition) is 7. The number of rotatable bonds is 3. The van der Waals surface area contributed by atoms with Crippen molar-refractivity contribution in [3.05, 3.63) is 41.3 Å². The highest BCUT2D eigenvalue weighted by molar-refractivity contribution is 7.99. The summed E-state index contributed by atoms with van der Waals surface area (Å²) in [6.07, 6.45) is 4.48. The molecule has 20 heavy (non-hydrogen) atoms. The molecule has 0 saturated heterocycles. The molecule has 0 atom stereocenters. The van der Waals surface area contributed by atoms with Gasteiger partial charge < -0.3 is 0 Å². The third-order valence-corrected chi connectivity index (χ3v) is 3.58. The first-order valence-electron chi connectivity index (χ1n) is 5.27. The zero-order chi connectivity index (χ0) is 13.9. The normalized spacial score (nSPS) is 10.7. The van der Waals surface area contributed by atoms with Crippen molar-refractivity contribution in [3.8, 4) is 5.95 Å². The van der Waals surface area contributed by atoms with Crippen LogP contribution < -0.4 is 0 Å². The van der Waals surface area contributed by atoms with Crippen LogP contribution >= 0.6 is 35.0 Å². The van der Waals surface area contributed by atoms with E-state index in [0.29, 0.717) is 15.2 Å². The SMILES string of the molecule is Clc1nc(Sc2ncccc2Cl)nc(-n2cncn2)n1. The first kappa shape index (κ1) is 13.2. The maximum atomic E-state index is 6.04. The summed E-state index contributed by atoms with van der Waals surface area (Å²) in [5.74, 6) is 0.275. The first-order chi connectivity index (χ1) is 9.72. The number of aromatic nitrogens is 7. The summed E-state index contributed by atoms with van der Waals surface area (Å²) in [6.45, 7) is 0. The number of halogens is 2. The lowest BCUT2D eigenvalue weighted by Gasteiger charge is -2.03. The van der Waals surface area contributed by atoms with E-state index in [1.54, 1.807) is 18.3 Å². The fourth-order valence-electron chi connectivity index (χ4n) is 1.31. The van der Waals surface area contributed by atoms with Crippen molar-refractivity contribution in [1.29, 1.82) is 0 Å². The molecule has 0 aliphatic rings. The van der Waals surface area contributed by atoms with Crippen LogP contribution in [0, 0.1) is 0 Å². The fourth-order valence-corrected chi connectivity index (χ4v) is 2.47. The second-order valence-corrected chi connectivity index (χ2v) is 5.12. The van der Waals surface area contributed by atoms with Crippen LogP contribution in [0.4, 0.5) is 0 Å². The van der Waals surface area contributed by atoms with Crippen molar-refractivity contribution in [2.45, 2.75) is 10.2 Å². The van der Waals surface area contributed by atoms with Gasteiger partial charge in [0.2, 0.25) is 5.28 Å². The summed E-state index contributed by atoms with van der Waals surface area (Å²) in [7, 11) is 0. The average molecular weight is 326 g/mol. The van der Waals surface area contributed by atoms with Crippen LogP contribution in [0.15, 0.2) is 41.2 Å². The Hall–Kier alpha value is -1.77. The zero-order valence-corrected chi connectivity index (χ0v) is 12.0. The molecular formula is C10H5Cl2N7S. The van der Waals surface area contributed by atoms with E-state index in [0.717, 1.165) is 0 Å². The number of hydrogen-bond donors (Lipinski definition) is 0. The third kappa shape index (κ3) is 2.87. The molecule has 0 aromatic carbocycles. The second kappa shape index (κ2) is 5.70. The minimum Gasteiger partial charge on any atom is -0.248 e. The Morgan fingerprint density at radius 2 is 2.05 bits per heavy atom. The lowest BCUT2D eigenvalue weighted by atomic mass is 10.5. The van der Waals surface area contributed by atoms with Gasteiger partial charge in [-0.25, -0.2) is 9.97 Å². The topological polar surface area (TPSA) is 82.3 Å². The minimum absolute atomic E-state index is 0.0556. The minimum atomic E-state index is 0.0556. The van der Waals surface area contributed by atoms with E-state index < -0.39 is 0 Å². The molecule has 0 radical (unpaired) electrons. The molecule has 0 saturated carbocycles. The molecule has 0 aliphatic carbocycles. The highest BCUT2D eigenvalue weighted by Gasteiger charge is 2.11. The molecule has 0 spiro atoms. The van der Waals surface area contributed by atoms with Gasteiger partial charge in [-0.15, -0.1) is 0 Å². The van der Waals surface area contributed by atoms with E-state index in [1.165, 1.54) is 29.1 Å². The van der Waals surface area contributed by atoms with Crippen LogP contribution in [-0.4, -0.2) is 34.7 Å². The van der Waals surface area contributed by atoms with Crippen LogP contribution in [-0.2, 0) is 0 Å². The van der Waals surface area contributed by atoms with Crippen LogP contribution in [0.25, 0.3) is 5.95 Å². The predicted octanol–water partition coefficient (Wildman–Crippen LogP) is 2.31.